The number of nitrogens with zero attached hydrogens (tertiary/aromatic N) is 1. The minimum absolute atomic E-state index is 0.244. The molecule has 2 rings (SSSR count). The Kier molecular flexibility index (Phi) is 4.54. The lowest BCUT2D eigenvalue weighted by atomic mass is 10.1. The number of hydrogen-bond acceptors (Lipinski definition) is 3. The van der Waals surface area contributed by atoms with E-state index in [-0.39, 0.29) is 6.04 Å². The normalized spacial score (nSPS) is 19.2. The Morgan fingerprint density at radius 3 is 2.35 bits per heavy atom. The summed E-state index contributed by atoms with van der Waals surface area (Å²) >= 11 is 0. The van der Waals surface area contributed by atoms with Crippen LogP contribution in [0.3, 0.4) is 0 Å². The molecule has 0 amide bonds. The summed E-state index contributed by atoms with van der Waals surface area (Å²) < 4.78 is 0. The summed E-state index contributed by atoms with van der Waals surface area (Å²) in [5.74, 6) is 0. The predicted octanol–water partition coefficient (Wildman–Crippen LogP) is 0.982. The van der Waals surface area contributed by atoms with Crippen LogP contribution >= 0.6 is 0 Å². The zero-order valence-electron chi connectivity index (χ0n) is 10.7. The summed E-state index contributed by atoms with van der Waals surface area (Å²) in [4.78, 5) is 2.50. The van der Waals surface area contributed by atoms with Crippen molar-refractivity contribution in [3.63, 3.8) is 0 Å². The monoisotopic (exact) mass is 233 g/mol. The van der Waals surface area contributed by atoms with Crippen molar-refractivity contribution < 1.29 is 0 Å². The average molecular weight is 233 g/mol. The maximum atomic E-state index is 5.80. The summed E-state index contributed by atoms with van der Waals surface area (Å²) in [6.07, 6.45) is 0.966. The molecule has 3 N–H and O–H groups in total. The van der Waals surface area contributed by atoms with Gasteiger partial charge in [-0.2, -0.15) is 0 Å². The van der Waals surface area contributed by atoms with Crippen LogP contribution in [0.2, 0.25) is 0 Å². The molecule has 94 valence electrons. The Bertz CT molecular complexity index is 326. The van der Waals surface area contributed by atoms with Gasteiger partial charge in [0.15, 0.2) is 0 Å². The van der Waals surface area contributed by atoms with Gasteiger partial charge in [-0.05, 0) is 24.5 Å². The summed E-state index contributed by atoms with van der Waals surface area (Å²) in [6, 6.07) is 9.13. The standard InChI is InChI=1S/C14H23N3/c1-12(15)10-13-2-4-14(5-3-13)11-17-8-6-16-7-9-17/h2-5,12,16H,6-11,15H2,1H3. The molecule has 1 fully saturated rings. The Morgan fingerprint density at radius 2 is 1.76 bits per heavy atom. The molecule has 0 saturated carbocycles. The van der Waals surface area contributed by atoms with Crippen LogP contribution in [-0.2, 0) is 13.0 Å². The van der Waals surface area contributed by atoms with E-state index in [4.69, 9.17) is 5.73 Å². The number of benzene rings is 1. The lowest BCUT2D eigenvalue weighted by Gasteiger charge is -2.27. The predicted molar refractivity (Wildman–Crippen MR) is 71.9 cm³/mol. The number of rotatable bonds is 4. The van der Waals surface area contributed by atoms with Crippen molar-refractivity contribution in [1.82, 2.24) is 10.2 Å². The summed E-state index contributed by atoms with van der Waals surface area (Å²) in [7, 11) is 0. The van der Waals surface area contributed by atoms with E-state index in [1.54, 1.807) is 0 Å². The van der Waals surface area contributed by atoms with Crippen molar-refractivity contribution in [3.05, 3.63) is 35.4 Å². The van der Waals surface area contributed by atoms with E-state index in [0.29, 0.717) is 0 Å². The molecule has 1 aromatic carbocycles. The largest absolute Gasteiger partial charge is 0.328 e. The summed E-state index contributed by atoms with van der Waals surface area (Å²) in [5, 5.41) is 3.38. The second-order valence-corrected chi connectivity index (χ2v) is 5.02. The van der Waals surface area contributed by atoms with Gasteiger partial charge < -0.3 is 11.1 Å². The van der Waals surface area contributed by atoms with Crippen LogP contribution in [0, 0.1) is 0 Å². The van der Waals surface area contributed by atoms with E-state index < -0.39 is 0 Å². The minimum Gasteiger partial charge on any atom is -0.328 e. The number of piperazine rings is 1. The molecule has 0 bridgehead atoms. The van der Waals surface area contributed by atoms with Crippen LogP contribution in [0.1, 0.15) is 18.1 Å². The van der Waals surface area contributed by atoms with Crippen LogP contribution in [0.15, 0.2) is 24.3 Å². The van der Waals surface area contributed by atoms with Crippen LogP contribution in [0.5, 0.6) is 0 Å². The third-order valence-corrected chi connectivity index (χ3v) is 3.20. The summed E-state index contributed by atoms with van der Waals surface area (Å²) in [6.45, 7) is 7.66. The Labute approximate surface area is 104 Å². The molecule has 1 atom stereocenters. The number of nitrogens with one attached hydrogen (secondary N) is 1. The van der Waals surface area contributed by atoms with E-state index in [1.165, 1.54) is 11.1 Å². The van der Waals surface area contributed by atoms with Crippen molar-refractivity contribution in [1.29, 1.82) is 0 Å². The Hall–Kier alpha value is -0.900. The highest BCUT2D eigenvalue weighted by Gasteiger charge is 2.09. The second-order valence-electron chi connectivity index (χ2n) is 5.02. The number of hydrogen-bond donors (Lipinski definition) is 2. The van der Waals surface area contributed by atoms with Crippen molar-refractivity contribution in [3.8, 4) is 0 Å². The van der Waals surface area contributed by atoms with Crippen molar-refractivity contribution in [2.75, 3.05) is 26.2 Å². The molecule has 0 aromatic heterocycles. The van der Waals surface area contributed by atoms with Gasteiger partial charge in [-0.1, -0.05) is 24.3 Å². The SMILES string of the molecule is CC(N)Cc1ccc(CN2CCNCC2)cc1. The highest BCUT2D eigenvalue weighted by molar-refractivity contribution is 5.23. The molecular formula is C14H23N3. The quantitative estimate of drug-likeness (QED) is 0.814. The van der Waals surface area contributed by atoms with E-state index >= 15 is 0 Å². The Balaban J connectivity index is 1.88. The fourth-order valence-electron chi connectivity index (χ4n) is 2.28. The zero-order valence-corrected chi connectivity index (χ0v) is 10.7. The first kappa shape index (κ1) is 12.6. The molecule has 3 heteroatoms. The van der Waals surface area contributed by atoms with Crippen LogP contribution < -0.4 is 11.1 Å². The van der Waals surface area contributed by atoms with Gasteiger partial charge in [0.25, 0.3) is 0 Å². The first-order valence-corrected chi connectivity index (χ1v) is 6.50. The lowest BCUT2D eigenvalue weighted by molar-refractivity contribution is 0.233. The van der Waals surface area contributed by atoms with E-state index in [1.807, 2.05) is 0 Å². The van der Waals surface area contributed by atoms with Gasteiger partial charge in [0.1, 0.15) is 0 Å². The van der Waals surface area contributed by atoms with E-state index in [9.17, 15) is 0 Å². The fourth-order valence-corrected chi connectivity index (χ4v) is 2.28. The maximum absolute atomic E-state index is 5.80. The van der Waals surface area contributed by atoms with Gasteiger partial charge in [0.05, 0.1) is 0 Å². The van der Waals surface area contributed by atoms with Gasteiger partial charge in [0.2, 0.25) is 0 Å². The molecule has 1 aliphatic heterocycles. The van der Waals surface area contributed by atoms with Gasteiger partial charge in [-0.25, -0.2) is 0 Å². The van der Waals surface area contributed by atoms with Gasteiger partial charge >= 0.3 is 0 Å². The fraction of sp³-hybridized carbons (Fsp3) is 0.571. The average Bonchev–Trinajstić information content (AvgIpc) is 2.32. The second kappa shape index (κ2) is 6.15. The van der Waals surface area contributed by atoms with Crippen LogP contribution in [0.4, 0.5) is 0 Å². The maximum Gasteiger partial charge on any atom is 0.0234 e. The molecule has 3 nitrogen and oxygen atoms in total. The summed E-state index contributed by atoms with van der Waals surface area (Å²) in [5.41, 5.74) is 8.54. The molecule has 1 unspecified atom stereocenters. The van der Waals surface area contributed by atoms with Gasteiger partial charge in [-0.15, -0.1) is 0 Å². The van der Waals surface area contributed by atoms with E-state index in [2.05, 4.69) is 41.4 Å². The molecule has 1 heterocycles. The van der Waals surface area contributed by atoms with Crippen molar-refractivity contribution in [2.24, 2.45) is 5.73 Å². The number of nitrogens with two attached hydrogens (primary N) is 1. The van der Waals surface area contributed by atoms with Gasteiger partial charge in [0, 0.05) is 38.8 Å². The molecule has 17 heavy (non-hydrogen) atoms. The molecule has 1 aliphatic rings. The molecule has 0 radical (unpaired) electrons. The molecule has 0 spiro atoms. The smallest absolute Gasteiger partial charge is 0.0234 e. The molecule has 1 aromatic rings. The van der Waals surface area contributed by atoms with Crippen LogP contribution in [0.25, 0.3) is 0 Å². The first-order valence-electron chi connectivity index (χ1n) is 6.50. The van der Waals surface area contributed by atoms with Crippen molar-refractivity contribution >= 4 is 0 Å². The van der Waals surface area contributed by atoms with Gasteiger partial charge in [-0.3, -0.25) is 4.90 Å². The zero-order chi connectivity index (χ0) is 12.1. The highest BCUT2D eigenvalue weighted by Crippen LogP contribution is 2.09. The Morgan fingerprint density at radius 1 is 1.18 bits per heavy atom. The molecule has 1 saturated heterocycles. The van der Waals surface area contributed by atoms with E-state index in [0.717, 1.165) is 39.1 Å². The third-order valence-electron chi connectivity index (χ3n) is 3.20. The first-order chi connectivity index (χ1) is 8.24. The van der Waals surface area contributed by atoms with Crippen LogP contribution in [-0.4, -0.2) is 37.1 Å². The lowest BCUT2D eigenvalue weighted by Crippen LogP contribution is -2.42. The topological polar surface area (TPSA) is 41.3 Å². The highest BCUT2D eigenvalue weighted by atomic mass is 15.2. The minimum atomic E-state index is 0.244. The third kappa shape index (κ3) is 4.11. The molecular weight excluding hydrogens is 210 g/mol. The van der Waals surface area contributed by atoms with Crippen molar-refractivity contribution in [2.45, 2.75) is 25.9 Å². The molecule has 0 aliphatic carbocycles.